The van der Waals surface area contributed by atoms with Crippen molar-refractivity contribution in [2.45, 2.75) is 12.5 Å². The highest BCUT2D eigenvalue weighted by Crippen LogP contribution is 2.39. The van der Waals surface area contributed by atoms with Crippen LogP contribution in [0.3, 0.4) is 0 Å². The van der Waals surface area contributed by atoms with Crippen LogP contribution in [0, 0.1) is 7.14 Å². The number of hydrogen-bond acceptors (Lipinski definition) is 6. The Labute approximate surface area is 192 Å². The summed E-state index contributed by atoms with van der Waals surface area (Å²) in [5.41, 5.74) is 5.77. The molecule has 2 aromatic carbocycles. The minimum Gasteiger partial charge on any atom is -0.508 e. The highest BCUT2D eigenvalue weighted by Gasteiger charge is 2.27. The van der Waals surface area contributed by atoms with E-state index in [-0.39, 0.29) is 32.6 Å². The average molecular weight is 647 g/mol. The number of carbonyl (C=O) groups excluding carboxylic acids is 1. The molecule has 0 saturated carbocycles. The van der Waals surface area contributed by atoms with E-state index in [1.807, 2.05) is 22.6 Å². The number of hydrogen-bond donors (Lipinski definition) is 5. The van der Waals surface area contributed by atoms with Gasteiger partial charge in [-0.05, 0) is 81.4 Å². The van der Waals surface area contributed by atoms with Gasteiger partial charge in [0.25, 0.3) is 0 Å². The zero-order valence-corrected chi connectivity index (χ0v) is 19.8. The Bertz CT molecular complexity index is 1010. The van der Waals surface area contributed by atoms with E-state index in [0.717, 1.165) is 0 Å². The van der Waals surface area contributed by atoms with Gasteiger partial charge >= 0.3 is 13.6 Å². The molecule has 0 aliphatic carbocycles. The average Bonchev–Trinajstić information content (AvgIpc) is 2.57. The van der Waals surface area contributed by atoms with Crippen molar-refractivity contribution in [1.29, 1.82) is 0 Å². The standard InChI is InChI=1S/C17H16I2NO8P/c18-10-6-9(21)2-4-13(10)28-14-3-1-8(5-11(20)17(23)24)15(16(14)19)12(22)7-29(25,26)27/h1-4,6,11,21H,5,7,20H2,(H,23,24)(H2,25,26,27). The maximum absolute atomic E-state index is 12.6. The highest BCUT2D eigenvalue weighted by molar-refractivity contribution is 14.1. The van der Waals surface area contributed by atoms with Crippen molar-refractivity contribution in [1.82, 2.24) is 0 Å². The Morgan fingerprint density at radius 1 is 1.14 bits per heavy atom. The molecule has 6 N–H and O–H groups in total. The molecular formula is C17H16I2NO8P. The van der Waals surface area contributed by atoms with Gasteiger partial charge in [-0.25, -0.2) is 0 Å². The van der Waals surface area contributed by atoms with Crippen LogP contribution in [0.15, 0.2) is 30.3 Å². The number of ketones is 1. The Kier molecular flexibility index (Phi) is 8.04. The zero-order chi connectivity index (χ0) is 21.9. The van der Waals surface area contributed by atoms with Gasteiger partial charge in [-0.1, -0.05) is 6.07 Å². The van der Waals surface area contributed by atoms with Crippen LogP contribution < -0.4 is 10.5 Å². The first-order valence-corrected chi connectivity index (χ1v) is 11.9. The number of phenolic OH excluding ortho intramolecular Hbond substituents is 1. The molecule has 0 spiro atoms. The number of aliphatic carboxylic acids is 1. The van der Waals surface area contributed by atoms with Gasteiger partial charge in [0.05, 0.1) is 7.14 Å². The number of nitrogens with two attached hydrogens (primary N) is 1. The molecule has 2 rings (SSSR count). The number of Topliss-reactive ketones (excluding diaryl/α,β-unsaturated/α-hetero) is 1. The normalized spacial score (nSPS) is 12.4. The van der Waals surface area contributed by atoms with E-state index in [0.29, 0.717) is 9.32 Å². The van der Waals surface area contributed by atoms with Crippen molar-refractivity contribution in [3.8, 4) is 17.2 Å². The van der Waals surface area contributed by atoms with Crippen LogP contribution in [0.5, 0.6) is 17.2 Å². The summed E-state index contributed by atoms with van der Waals surface area (Å²) < 4.78 is 18.0. The first-order valence-electron chi connectivity index (χ1n) is 7.93. The largest absolute Gasteiger partial charge is 0.508 e. The molecule has 0 amide bonds. The number of rotatable bonds is 8. The predicted molar refractivity (Wildman–Crippen MR) is 121 cm³/mol. The molecule has 1 unspecified atom stereocenters. The van der Waals surface area contributed by atoms with Crippen LogP contribution in [-0.2, 0) is 15.8 Å². The first kappa shape index (κ1) is 24.0. The van der Waals surface area contributed by atoms with Crippen molar-refractivity contribution in [3.63, 3.8) is 0 Å². The molecule has 156 valence electrons. The van der Waals surface area contributed by atoms with Gasteiger partial charge in [-0.2, -0.15) is 0 Å². The van der Waals surface area contributed by atoms with E-state index < -0.39 is 31.6 Å². The lowest BCUT2D eigenvalue weighted by molar-refractivity contribution is -0.138. The summed E-state index contributed by atoms with van der Waals surface area (Å²) in [6.07, 6.45) is -1.23. The van der Waals surface area contributed by atoms with Crippen molar-refractivity contribution in [2.24, 2.45) is 5.73 Å². The number of carboxylic acids is 1. The fourth-order valence-corrected chi connectivity index (χ4v) is 4.51. The molecule has 0 aliphatic rings. The molecule has 12 heteroatoms. The summed E-state index contributed by atoms with van der Waals surface area (Å²) in [5, 5.41) is 18.6. The molecule has 9 nitrogen and oxygen atoms in total. The Balaban J connectivity index is 2.52. The third kappa shape index (κ3) is 6.62. The quantitative estimate of drug-likeness (QED) is 0.165. The van der Waals surface area contributed by atoms with Gasteiger partial charge in [0.15, 0.2) is 5.78 Å². The minimum atomic E-state index is -4.65. The van der Waals surface area contributed by atoms with Crippen LogP contribution in [0.1, 0.15) is 15.9 Å². The number of carboxylic acid groups (broad SMARTS) is 1. The van der Waals surface area contributed by atoms with Crippen LogP contribution in [-0.4, -0.2) is 44.0 Å². The smallest absolute Gasteiger partial charge is 0.333 e. The van der Waals surface area contributed by atoms with Gasteiger partial charge < -0.3 is 30.5 Å². The van der Waals surface area contributed by atoms with Gasteiger partial charge in [-0.3, -0.25) is 14.2 Å². The number of halogens is 2. The Hall–Kier alpha value is -1.25. The van der Waals surface area contributed by atoms with E-state index in [1.54, 1.807) is 22.6 Å². The molecule has 0 aromatic heterocycles. The molecule has 0 heterocycles. The number of carbonyl (C=O) groups is 2. The maximum atomic E-state index is 12.6. The van der Waals surface area contributed by atoms with Crippen molar-refractivity contribution in [3.05, 3.63) is 48.6 Å². The summed E-state index contributed by atoms with van der Waals surface area (Å²) in [4.78, 5) is 42.0. The molecule has 0 aliphatic heterocycles. The predicted octanol–water partition coefficient (Wildman–Crippen LogP) is 2.71. The van der Waals surface area contributed by atoms with Crippen molar-refractivity contribution in [2.75, 3.05) is 6.16 Å². The van der Waals surface area contributed by atoms with Crippen LogP contribution in [0.2, 0.25) is 0 Å². The van der Waals surface area contributed by atoms with E-state index in [1.165, 1.54) is 30.3 Å². The van der Waals surface area contributed by atoms with Crippen molar-refractivity contribution >= 4 is 64.5 Å². The van der Waals surface area contributed by atoms with Crippen molar-refractivity contribution < 1.29 is 38.9 Å². The number of benzene rings is 2. The lowest BCUT2D eigenvalue weighted by atomic mass is 9.98. The molecule has 1 atom stereocenters. The maximum Gasteiger partial charge on any atom is 0.333 e. The summed E-state index contributed by atoms with van der Waals surface area (Å²) >= 11 is 3.76. The number of phenols is 1. The Morgan fingerprint density at radius 3 is 2.31 bits per heavy atom. The third-order valence-electron chi connectivity index (χ3n) is 3.71. The minimum absolute atomic E-state index is 0.0445. The van der Waals surface area contributed by atoms with E-state index in [9.17, 15) is 29.0 Å². The molecule has 0 bridgehead atoms. The van der Waals surface area contributed by atoms with E-state index >= 15 is 0 Å². The molecular weight excluding hydrogens is 631 g/mol. The molecule has 0 saturated heterocycles. The van der Waals surface area contributed by atoms with Gasteiger partial charge in [-0.15, -0.1) is 0 Å². The summed E-state index contributed by atoms with van der Waals surface area (Å²) in [6, 6.07) is 6.09. The highest BCUT2D eigenvalue weighted by atomic mass is 127. The monoisotopic (exact) mass is 647 g/mol. The van der Waals surface area contributed by atoms with Crippen LogP contribution in [0.25, 0.3) is 0 Å². The van der Waals surface area contributed by atoms with E-state index in [4.69, 9.17) is 15.6 Å². The Morgan fingerprint density at radius 2 is 1.76 bits per heavy atom. The first-order chi connectivity index (χ1) is 13.4. The SMILES string of the molecule is NC(Cc1ccc(Oc2ccc(O)cc2I)c(I)c1C(=O)CP(=O)(O)O)C(=O)O. The fourth-order valence-electron chi connectivity index (χ4n) is 2.43. The second-order valence-corrected chi connectivity index (χ2v) is 9.91. The van der Waals surface area contributed by atoms with Crippen LogP contribution >= 0.6 is 52.8 Å². The lowest BCUT2D eigenvalue weighted by Crippen LogP contribution is -2.33. The molecule has 29 heavy (non-hydrogen) atoms. The number of aromatic hydroxyl groups is 1. The lowest BCUT2D eigenvalue weighted by Gasteiger charge is -2.17. The third-order valence-corrected chi connectivity index (χ3v) is 6.33. The summed E-state index contributed by atoms with van der Waals surface area (Å²) in [7, 11) is -4.65. The van der Waals surface area contributed by atoms with Gasteiger partial charge in [0.1, 0.15) is 29.5 Å². The molecule has 0 fully saturated rings. The molecule has 0 radical (unpaired) electrons. The van der Waals surface area contributed by atoms with Gasteiger partial charge in [0.2, 0.25) is 0 Å². The van der Waals surface area contributed by atoms with E-state index in [2.05, 4.69) is 0 Å². The second kappa shape index (κ2) is 9.71. The second-order valence-electron chi connectivity index (χ2n) is 6.02. The zero-order valence-electron chi connectivity index (χ0n) is 14.6. The van der Waals surface area contributed by atoms with Crippen LogP contribution in [0.4, 0.5) is 0 Å². The number of ether oxygens (including phenoxy) is 1. The fraction of sp³-hybridized carbons (Fsp3) is 0.176. The molecule has 2 aromatic rings. The summed E-state index contributed by atoms with van der Waals surface area (Å²) in [6.45, 7) is 0. The van der Waals surface area contributed by atoms with Gasteiger partial charge in [0, 0.05) is 5.56 Å². The summed E-state index contributed by atoms with van der Waals surface area (Å²) in [5.74, 6) is -1.44. The topological polar surface area (TPSA) is 167 Å².